The predicted octanol–water partition coefficient (Wildman–Crippen LogP) is 2.60. The number of hydrogen-bond donors (Lipinski definition) is 1. The van der Waals surface area contributed by atoms with Crippen molar-refractivity contribution in [3.05, 3.63) is 23.4 Å². The van der Waals surface area contributed by atoms with E-state index >= 15 is 0 Å². The van der Waals surface area contributed by atoms with Gasteiger partial charge in [0.2, 0.25) is 0 Å². The quantitative estimate of drug-likeness (QED) is 0.615. The van der Waals surface area contributed by atoms with Gasteiger partial charge in [0.05, 0.1) is 0 Å². The minimum Gasteiger partial charge on any atom is -0.399 e. The van der Waals surface area contributed by atoms with Crippen LogP contribution in [0.15, 0.2) is 23.4 Å². The van der Waals surface area contributed by atoms with Crippen molar-refractivity contribution in [3.8, 4) is 0 Å². The molecule has 0 saturated heterocycles. The van der Waals surface area contributed by atoms with E-state index in [-0.39, 0.29) is 11.8 Å². The molecule has 0 bridgehead atoms. The Morgan fingerprint density at radius 3 is 2.21 bits per heavy atom. The van der Waals surface area contributed by atoms with Gasteiger partial charge in [-0.15, -0.1) is 0 Å². The molecule has 14 heavy (non-hydrogen) atoms. The van der Waals surface area contributed by atoms with Crippen LogP contribution >= 0.6 is 0 Å². The third kappa shape index (κ3) is 1.73. The summed E-state index contributed by atoms with van der Waals surface area (Å²) in [6.45, 7) is 0.963. The third-order valence-corrected chi connectivity index (χ3v) is 2.09. The molecule has 0 saturated carbocycles. The van der Waals surface area contributed by atoms with Gasteiger partial charge in [0.15, 0.2) is 0 Å². The summed E-state index contributed by atoms with van der Waals surface area (Å²) in [6.07, 6.45) is -3.99. The number of allylic oxidation sites excluding steroid dienone is 3. The zero-order valence-electron chi connectivity index (χ0n) is 7.20. The number of nitrogens with two attached hydrogens (primary N) is 1. The number of hydrogen-bond acceptors (Lipinski definition) is 1. The minimum absolute atomic E-state index is 0.188. The van der Waals surface area contributed by atoms with Crippen LogP contribution < -0.4 is 5.73 Å². The third-order valence-electron chi connectivity index (χ3n) is 2.09. The lowest BCUT2D eigenvalue weighted by atomic mass is 9.87. The summed E-state index contributed by atoms with van der Waals surface area (Å²) in [6, 6.07) is 0. The Morgan fingerprint density at radius 2 is 1.86 bits per heavy atom. The van der Waals surface area contributed by atoms with E-state index in [0.717, 1.165) is 13.0 Å². The van der Waals surface area contributed by atoms with Gasteiger partial charge in [-0.1, -0.05) is 0 Å². The first-order chi connectivity index (χ1) is 6.16. The molecule has 1 rings (SSSR count). The smallest absolute Gasteiger partial charge is 0.399 e. The van der Waals surface area contributed by atoms with Crippen molar-refractivity contribution in [2.45, 2.75) is 19.0 Å². The highest BCUT2D eigenvalue weighted by Gasteiger charge is 2.56. The zero-order valence-corrected chi connectivity index (χ0v) is 7.20. The number of rotatable bonds is 0. The molecule has 80 valence electrons. The monoisotopic (exact) mass is 213 g/mol. The molecule has 0 aliphatic heterocycles. The molecule has 1 atom stereocenters. The van der Waals surface area contributed by atoms with E-state index in [1.807, 2.05) is 0 Å². The van der Waals surface area contributed by atoms with Crippen molar-refractivity contribution < 1.29 is 22.0 Å². The van der Waals surface area contributed by atoms with E-state index in [0.29, 0.717) is 0 Å². The second-order valence-electron chi connectivity index (χ2n) is 3.12. The van der Waals surface area contributed by atoms with Gasteiger partial charge < -0.3 is 5.73 Å². The second-order valence-corrected chi connectivity index (χ2v) is 3.12. The highest BCUT2D eigenvalue weighted by Crippen LogP contribution is 2.45. The van der Waals surface area contributed by atoms with Gasteiger partial charge in [-0.25, -0.2) is 8.78 Å². The lowest BCUT2D eigenvalue weighted by molar-refractivity contribution is -0.214. The summed E-state index contributed by atoms with van der Waals surface area (Å²) in [5.41, 5.74) is 4.36. The summed E-state index contributed by atoms with van der Waals surface area (Å²) in [5.74, 6) is -6.72. The lowest BCUT2D eigenvalue weighted by Gasteiger charge is -2.30. The van der Waals surface area contributed by atoms with Gasteiger partial charge in [0.1, 0.15) is 5.92 Å². The first-order valence-corrected chi connectivity index (χ1v) is 3.76. The molecule has 1 aliphatic carbocycles. The molecule has 0 radical (unpaired) electrons. The molecule has 2 N–H and O–H groups in total. The second kappa shape index (κ2) is 2.96. The SMILES string of the molecule is CC1=C(N)C=CC(F)(F)C1C(F)(F)F. The van der Waals surface area contributed by atoms with Crippen molar-refractivity contribution in [3.63, 3.8) is 0 Å². The Hall–Kier alpha value is -1.07. The first-order valence-electron chi connectivity index (χ1n) is 3.76. The van der Waals surface area contributed by atoms with E-state index in [1.165, 1.54) is 0 Å². The minimum atomic E-state index is -4.98. The zero-order chi connectivity index (χ0) is 11.1. The Labute approximate surface area is 77.1 Å². The summed E-state index contributed by atoms with van der Waals surface area (Å²) < 4.78 is 62.6. The van der Waals surface area contributed by atoms with Crippen LogP contribution in [0, 0.1) is 5.92 Å². The molecule has 6 heteroatoms. The van der Waals surface area contributed by atoms with Crippen LogP contribution in [-0.4, -0.2) is 12.1 Å². The molecular formula is C8H8F5N. The molecule has 1 nitrogen and oxygen atoms in total. The topological polar surface area (TPSA) is 26.0 Å². The van der Waals surface area contributed by atoms with Crippen LogP contribution in [0.4, 0.5) is 22.0 Å². The Bertz CT molecular complexity index is 299. The Balaban J connectivity index is 3.19. The van der Waals surface area contributed by atoms with Crippen molar-refractivity contribution >= 4 is 0 Å². The standard InChI is InChI=1S/C8H8F5N/c1-4-5(14)2-3-7(9,10)6(4)8(11,12)13/h2-3,6H,14H2,1H3. The molecule has 0 aromatic carbocycles. The number of alkyl halides is 5. The molecule has 0 aromatic rings. The summed E-state index contributed by atoms with van der Waals surface area (Å²) >= 11 is 0. The van der Waals surface area contributed by atoms with Crippen molar-refractivity contribution in [2.75, 3.05) is 0 Å². The Morgan fingerprint density at radius 1 is 1.36 bits per heavy atom. The molecule has 1 aliphatic rings. The molecule has 0 fully saturated rings. The van der Waals surface area contributed by atoms with Gasteiger partial charge in [0, 0.05) is 5.70 Å². The van der Waals surface area contributed by atoms with Gasteiger partial charge in [-0.05, 0) is 24.6 Å². The van der Waals surface area contributed by atoms with E-state index in [4.69, 9.17) is 5.73 Å². The average molecular weight is 213 g/mol. The molecule has 0 amide bonds. The van der Waals surface area contributed by atoms with Crippen molar-refractivity contribution in [1.82, 2.24) is 0 Å². The highest BCUT2D eigenvalue weighted by molar-refractivity contribution is 5.33. The molecule has 1 unspecified atom stereocenters. The molecule has 0 spiro atoms. The highest BCUT2D eigenvalue weighted by atomic mass is 19.4. The maximum atomic E-state index is 12.9. The van der Waals surface area contributed by atoms with Gasteiger partial charge >= 0.3 is 6.18 Å². The van der Waals surface area contributed by atoms with E-state index in [2.05, 4.69) is 0 Å². The van der Waals surface area contributed by atoms with Crippen LogP contribution in [0.5, 0.6) is 0 Å². The lowest BCUT2D eigenvalue weighted by Crippen LogP contribution is -2.41. The van der Waals surface area contributed by atoms with E-state index in [1.54, 1.807) is 0 Å². The molecule has 0 aromatic heterocycles. The average Bonchev–Trinajstić information content (AvgIpc) is 1.94. The van der Waals surface area contributed by atoms with Crippen LogP contribution in [0.3, 0.4) is 0 Å². The van der Waals surface area contributed by atoms with Crippen molar-refractivity contribution in [1.29, 1.82) is 0 Å². The van der Waals surface area contributed by atoms with Crippen molar-refractivity contribution in [2.24, 2.45) is 11.7 Å². The van der Waals surface area contributed by atoms with Gasteiger partial charge in [-0.3, -0.25) is 0 Å². The fourth-order valence-corrected chi connectivity index (χ4v) is 1.35. The van der Waals surface area contributed by atoms with E-state index in [9.17, 15) is 22.0 Å². The Kier molecular flexibility index (Phi) is 2.33. The molecular weight excluding hydrogens is 205 g/mol. The molecule has 0 heterocycles. The van der Waals surface area contributed by atoms with Crippen LogP contribution in [-0.2, 0) is 0 Å². The van der Waals surface area contributed by atoms with Gasteiger partial charge in [0.25, 0.3) is 5.92 Å². The summed E-state index contributed by atoms with van der Waals surface area (Å²) in [7, 11) is 0. The number of halogens is 5. The van der Waals surface area contributed by atoms with Crippen LogP contribution in [0.25, 0.3) is 0 Å². The maximum Gasteiger partial charge on any atom is 0.401 e. The van der Waals surface area contributed by atoms with Gasteiger partial charge in [-0.2, -0.15) is 13.2 Å². The summed E-state index contributed by atoms with van der Waals surface area (Å²) in [5, 5.41) is 0. The normalized spacial score (nSPS) is 26.9. The fourth-order valence-electron chi connectivity index (χ4n) is 1.35. The largest absolute Gasteiger partial charge is 0.401 e. The predicted molar refractivity (Wildman–Crippen MR) is 40.5 cm³/mol. The fraction of sp³-hybridized carbons (Fsp3) is 0.500. The van der Waals surface area contributed by atoms with E-state index < -0.39 is 23.6 Å². The first kappa shape index (κ1) is 11.0. The summed E-state index contributed by atoms with van der Waals surface area (Å²) in [4.78, 5) is 0. The maximum absolute atomic E-state index is 12.9. The van der Waals surface area contributed by atoms with Crippen LogP contribution in [0.2, 0.25) is 0 Å². The van der Waals surface area contributed by atoms with Crippen LogP contribution in [0.1, 0.15) is 6.92 Å².